The van der Waals surface area contributed by atoms with Crippen LogP contribution < -0.4 is 5.32 Å². The molecular weight excluding hydrogens is 621 g/mol. The maximum Gasteiger partial charge on any atom is 0.290 e. The Morgan fingerprint density at radius 3 is 1.55 bits per heavy atom. The zero-order valence-electron chi connectivity index (χ0n) is 27.4. The van der Waals surface area contributed by atoms with Crippen LogP contribution in [-0.4, -0.2) is 21.3 Å². The summed E-state index contributed by atoms with van der Waals surface area (Å²) in [6.07, 6.45) is 0.434. The monoisotopic (exact) mass is 658 g/mol. The highest BCUT2D eigenvalue weighted by atomic mass is 32.2. The maximum atomic E-state index is 14.7. The van der Waals surface area contributed by atoms with Gasteiger partial charge >= 0.3 is 0 Å². The Balaban J connectivity index is 1.24. The van der Waals surface area contributed by atoms with Gasteiger partial charge in [-0.25, -0.2) is 0 Å². The Labute approximate surface area is 292 Å². The molecule has 49 heavy (non-hydrogen) atoms. The predicted molar refractivity (Wildman–Crippen MR) is 199 cm³/mol. The second kappa shape index (κ2) is 14.5. The quantitative estimate of drug-likeness (QED) is 0.141. The van der Waals surface area contributed by atoms with Gasteiger partial charge in [0.05, 0.1) is 11.3 Å². The summed E-state index contributed by atoms with van der Waals surface area (Å²) in [5.74, 6) is -0.188. The summed E-state index contributed by atoms with van der Waals surface area (Å²) >= 11 is 1.13. The molecule has 6 aromatic carbocycles. The van der Waals surface area contributed by atoms with Crippen LogP contribution in [0.4, 0.5) is 4.79 Å². The summed E-state index contributed by atoms with van der Waals surface area (Å²) in [4.78, 5) is 30.4. The molecule has 1 N–H and O–H groups in total. The van der Waals surface area contributed by atoms with Crippen molar-refractivity contribution in [3.8, 4) is 0 Å². The van der Waals surface area contributed by atoms with E-state index in [1.807, 2.05) is 103 Å². The highest BCUT2D eigenvalue weighted by Gasteiger charge is 2.54. The molecule has 6 aromatic rings. The number of hydrogen-bond donors (Lipinski definition) is 1. The van der Waals surface area contributed by atoms with E-state index in [2.05, 4.69) is 85.0 Å². The van der Waals surface area contributed by atoms with Crippen LogP contribution in [0.5, 0.6) is 0 Å². The van der Waals surface area contributed by atoms with Crippen molar-refractivity contribution in [1.29, 1.82) is 0 Å². The molecule has 0 bridgehead atoms. The van der Waals surface area contributed by atoms with Crippen molar-refractivity contribution in [3.05, 3.63) is 215 Å². The fourth-order valence-corrected chi connectivity index (χ4v) is 8.11. The number of imide groups is 1. The van der Waals surface area contributed by atoms with Gasteiger partial charge in [0, 0.05) is 6.04 Å². The molecule has 0 aromatic heterocycles. The van der Waals surface area contributed by atoms with Crippen molar-refractivity contribution in [2.45, 2.75) is 36.2 Å². The molecule has 2 unspecified atom stereocenters. The molecule has 4 nitrogen and oxygen atoms in total. The molecule has 242 valence electrons. The van der Waals surface area contributed by atoms with Gasteiger partial charge in [0.1, 0.15) is 5.54 Å². The average molecular weight is 659 g/mol. The van der Waals surface area contributed by atoms with Crippen LogP contribution >= 0.6 is 11.8 Å². The summed E-state index contributed by atoms with van der Waals surface area (Å²) in [7, 11) is 0. The second-order valence-electron chi connectivity index (χ2n) is 12.4. The largest absolute Gasteiger partial charge is 0.300 e. The molecule has 2 amide bonds. The lowest BCUT2D eigenvalue weighted by Gasteiger charge is -2.42. The van der Waals surface area contributed by atoms with Crippen LogP contribution in [-0.2, 0) is 16.8 Å². The smallest absolute Gasteiger partial charge is 0.290 e. The van der Waals surface area contributed by atoms with Crippen molar-refractivity contribution >= 4 is 22.9 Å². The van der Waals surface area contributed by atoms with Crippen LogP contribution in [0, 0.1) is 0 Å². The van der Waals surface area contributed by atoms with E-state index in [0.717, 1.165) is 45.1 Å². The Bertz CT molecular complexity index is 1910. The van der Waals surface area contributed by atoms with Crippen LogP contribution in [0.15, 0.2) is 176 Å². The van der Waals surface area contributed by atoms with Gasteiger partial charge in [0.15, 0.2) is 0 Å². The molecule has 7 rings (SSSR count). The summed E-state index contributed by atoms with van der Waals surface area (Å²) in [6, 6.07) is 59.1. The van der Waals surface area contributed by atoms with E-state index < -0.39 is 10.8 Å². The van der Waals surface area contributed by atoms with E-state index in [1.165, 1.54) is 10.5 Å². The third-order valence-electron chi connectivity index (χ3n) is 9.39. The molecule has 0 spiro atoms. The highest BCUT2D eigenvalue weighted by Crippen LogP contribution is 2.48. The first-order chi connectivity index (χ1) is 24.1. The van der Waals surface area contributed by atoms with Gasteiger partial charge in [-0.15, -0.1) is 0 Å². The topological polar surface area (TPSA) is 49.4 Å². The first-order valence-corrected chi connectivity index (χ1v) is 17.6. The standard InChI is InChI=1S/C44H38N2O2S/c1-32(34-19-7-2-8-20-34)45-41(35-21-9-3-10-22-35)36-23-17-18-33(30-36)31-40-42(47)46(43(48)49-40)44(37-24-11-4-12-25-37,38-26-13-5-14-27-38)39-28-15-6-16-29-39/h2-30,32,40-41,45H,31H2,1H3/t32-,40?,41?/m1/s1. The minimum atomic E-state index is -1.13. The lowest BCUT2D eigenvalue weighted by molar-refractivity contribution is -0.129. The first-order valence-electron chi connectivity index (χ1n) is 16.7. The molecule has 0 radical (unpaired) electrons. The fraction of sp³-hybridized carbons (Fsp3) is 0.136. The maximum absolute atomic E-state index is 14.7. The molecule has 1 saturated heterocycles. The number of benzene rings is 6. The zero-order chi connectivity index (χ0) is 33.6. The normalized spacial score (nSPS) is 16.0. The van der Waals surface area contributed by atoms with Gasteiger partial charge in [-0.2, -0.15) is 0 Å². The molecule has 1 aliphatic heterocycles. The summed E-state index contributed by atoms with van der Waals surface area (Å²) in [5.41, 5.74) is 5.95. The van der Waals surface area contributed by atoms with Crippen molar-refractivity contribution in [2.75, 3.05) is 0 Å². The molecule has 1 fully saturated rings. The van der Waals surface area contributed by atoms with E-state index in [1.54, 1.807) is 0 Å². The van der Waals surface area contributed by atoms with Gasteiger partial charge in [0.25, 0.3) is 5.24 Å². The van der Waals surface area contributed by atoms with Crippen molar-refractivity contribution in [2.24, 2.45) is 0 Å². The molecule has 5 heteroatoms. The van der Waals surface area contributed by atoms with Gasteiger partial charge in [-0.1, -0.05) is 188 Å². The first kappa shape index (κ1) is 32.3. The minimum Gasteiger partial charge on any atom is -0.300 e. The van der Waals surface area contributed by atoms with Crippen molar-refractivity contribution in [1.82, 2.24) is 10.2 Å². The third kappa shape index (κ3) is 6.48. The highest BCUT2D eigenvalue weighted by molar-refractivity contribution is 8.15. The van der Waals surface area contributed by atoms with Crippen molar-refractivity contribution in [3.63, 3.8) is 0 Å². The lowest BCUT2D eigenvalue weighted by atomic mass is 9.75. The second-order valence-corrected chi connectivity index (χ2v) is 13.6. The van der Waals surface area contributed by atoms with Gasteiger partial charge in [0.2, 0.25) is 5.91 Å². The fourth-order valence-electron chi connectivity index (χ4n) is 7.05. The van der Waals surface area contributed by atoms with E-state index in [-0.39, 0.29) is 23.2 Å². The van der Waals surface area contributed by atoms with E-state index >= 15 is 0 Å². The van der Waals surface area contributed by atoms with Gasteiger partial charge in [-0.05, 0) is 52.3 Å². The predicted octanol–water partition coefficient (Wildman–Crippen LogP) is 9.73. The minimum absolute atomic E-state index is 0.0664. The number of nitrogens with one attached hydrogen (secondary N) is 1. The Kier molecular flexibility index (Phi) is 9.56. The molecule has 3 atom stereocenters. The van der Waals surface area contributed by atoms with E-state index in [0.29, 0.717) is 6.42 Å². The summed E-state index contributed by atoms with van der Waals surface area (Å²) in [6.45, 7) is 2.18. The van der Waals surface area contributed by atoms with Crippen LogP contribution in [0.2, 0.25) is 0 Å². The number of rotatable bonds is 11. The van der Waals surface area contributed by atoms with Crippen LogP contribution in [0.25, 0.3) is 0 Å². The molecular formula is C44H38N2O2S. The van der Waals surface area contributed by atoms with Gasteiger partial charge < -0.3 is 0 Å². The molecule has 0 aliphatic carbocycles. The lowest BCUT2D eigenvalue weighted by Crippen LogP contribution is -2.51. The number of amides is 2. The van der Waals surface area contributed by atoms with Crippen LogP contribution in [0.3, 0.4) is 0 Å². The molecule has 1 aliphatic rings. The molecule has 1 heterocycles. The average Bonchev–Trinajstić information content (AvgIpc) is 3.44. The number of hydrogen-bond acceptors (Lipinski definition) is 4. The number of carbonyl (C=O) groups is 2. The SMILES string of the molecule is C[C@@H](NC(c1ccccc1)c1cccc(CC2SC(=O)N(C(c3ccccc3)(c3ccccc3)c3ccccc3)C2=O)c1)c1ccccc1. The Morgan fingerprint density at radius 2 is 1.04 bits per heavy atom. The van der Waals surface area contributed by atoms with Gasteiger partial charge in [-0.3, -0.25) is 19.8 Å². The van der Waals surface area contributed by atoms with Crippen LogP contribution in [0.1, 0.15) is 58.0 Å². The third-order valence-corrected chi connectivity index (χ3v) is 10.4. The molecule has 0 saturated carbocycles. The number of carbonyl (C=O) groups excluding carboxylic acids is 2. The number of nitrogens with zero attached hydrogens (tertiary/aromatic N) is 1. The van der Waals surface area contributed by atoms with Crippen molar-refractivity contribution < 1.29 is 9.59 Å². The van der Waals surface area contributed by atoms with E-state index in [4.69, 9.17) is 0 Å². The summed E-state index contributed by atoms with van der Waals surface area (Å²) < 4.78 is 0. The zero-order valence-corrected chi connectivity index (χ0v) is 28.2. The number of thioether (sulfide) groups is 1. The Morgan fingerprint density at radius 1 is 0.592 bits per heavy atom. The van der Waals surface area contributed by atoms with E-state index in [9.17, 15) is 9.59 Å². The Hall–Kier alpha value is -5.23. The summed E-state index contributed by atoms with van der Waals surface area (Å²) in [5, 5.41) is 3.04.